The van der Waals surface area contributed by atoms with Crippen molar-refractivity contribution in [1.82, 2.24) is 0 Å². The number of aryl methyl sites for hydroxylation is 2. The first-order valence-corrected chi connectivity index (χ1v) is 10.6. The van der Waals surface area contributed by atoms with Crippen LogP contribution in [0.25, 0.3) is 0 Å². The van der Waals surface area contributed by atoms with Gasteiger partial charge in [-0.3, -0.25) is 0 Å². The van der Waals surface area contributed by atoms with Gasteiger partial charge in [-0.15, -0.1) is 6.58 Å². The molecule has 2 atom stereocenters. The van der Waals surface area contributed by atoms with Crippen molar-refractivity contribution < 1.29 is 22.0 Å². The van der Waals surface area contributed by atoms with Gasteiger partial charge in [0.25, 0.3) is 0 Å². The molecule has 0 aliphatic carbocycles. The monoisotopic (exact) mass is 362 g/mol. The van der Waals surface area contributed by atoms with Crippen LogP contribution >= 0.6 is 0 Å². The highest BCUT2D eigenvalue weighted by molar-refractivity contribution is 6.66. The molecule has 0 heterocycles. The van der Waals surface area contributed by atoms with Crippen molar-refractivity contribution in [3.63, 3.8) is 0 Å². The molecule has 0 aromatic heterocycles. The van der Waals surface area contributed by atoms with Gasteiger partial charge in [0, 0.05) is 13.2 Å². The Morgan fingerprint density at radius 2 is 1.79 bits per heavy atom. The molecule has 6 heteroatoms. The van der Waals surface area contributed by atoms with Crippen molar-refractivity contribution in [2.24, 2.45) is 0 Å². The second kappa shape index (κ2) is 10.7. The summed E-state index contributed by atoms with van der Waals surface area (Å²) in [5.74, 6) is 0. The maximum absolute atomic E-state index is 12.2. The fourth-order valence-corrected chi connectivity index (χ4v) is 3.69. The Bertz CT molecular complexity index is 474. The Morgan fingerprint density at radius 1 is 1.25 bits per heavy atom. The van der Waals surface area contributed by atoms with Gasteiger partial charge < -0.3 is 8.85 Å². The van der Waals surface area contributed by atoms with Crippen molar-refractivity contribution in [2.75, 3.05) is 7.11 Å². The van der Waals surface area contributed by atoms with E-state index in [-0.39, 0.29) is 0 Å². The fraction of sp³-hybridized carbons (Fsp3) is 0.556. The van der Waals surface area contributed by atoms with Gasteiger partial charge in [-0.1, -0.05) is 49.2 Å². The number of benzene rings is 1. The minimum Gasteiger partial charge on any atom is -0.398 e. The lowest BCUT2D eigenvalue weighted by molar-refractivity contribution is -0.195. The van der Waals surface area contributed by atoms with Gasteiger partial charge in [-0.2, -0.15) is 13.2 Å². The first-order valence-electron chi connectivity index (χ1n) is 8.04. The van der Waals surface area contributed by atoms with Gasteiger partial charge in [0.05, 0.1) is 0 Å². The molecule has 0 saturated carbocycles. The Morgan fingerprint density at radius 3 is 2.17 bits per heavy atom. The van der Waals surface area contributed by atoms with Crippen molar-refractivity contribution in [3.05, 3.63) is 48.0 Å². The first-order chi connectivity index (χ1) is 11.1. The highest BCUT2D eigenvalue weighted by Crippen LogP contribution is 2.26. The molecule has 1 aromatic carbocycles. The number of alkyl halides is 3. The van der Waals surface area contributed by atoms with Crippen LogP contribution in [-0.2, 0) is 15.3 Å². The summed E-state index contributed by atoms with van der Waals surface area (Å²) in [6.45, 7) is 10.3. The Kier molecular flexibility index (Phi) is 10.2. The van der Waals surface area contributed by atoms with Gasteiger partial charge in [0.2, 0.25) is 0 Å². The molecule has 1 aromatic rings. The molecule has 0 fully saturated rings. The van der Waals surface area contributed by atoms with Crippen LogP contribution in [0, 0.1) is 6.92 Å². The highest BCUT2D eigenvalue weighted by atomic mass is 28.4. The number of hydrogen-bond acceptors (Lipinski definition) is 2. The van der Waals surface area contributed by atoms with E-state index in [9.17, 15) is 13.2 Å². The predicted molar refractivity (Wildman–Crippen MR) is 95.4 cm³/mol. The lowest BCUT2D eigenvalue weighted by atomic mass is 10.1. The quantitative estimate of drug-likeness (QED) is 0.450. The van der Waals surface area contributed by atoms with Gasteiger partial charge in [0.15, 0.2) is 0 Å². The average molecular weight is 363 g/mol. The summed E-state index contributed by atoms with van der Waals surface area (Å²) in [4.78, 5) is 0. The largest absolute Gasteiger partial charge is 0.413 e. The zero-order valence-corrected chi connectivity index (χ0v) is 16.2. The van der Waals surface area contributed by atoms with Crippen LogP contribution in [0.2, 0.25) is 12.6 Å². The SMILES string of the molecule is C=CC[Si](C)(OC)OC(C)C(F)(F)F.CCCc1ccc(C)cc1. The molecule has 0 aliphatic heterocycles. The van der Waals surface area contributed by atoms with E-state index in [1.54, 1.807) is 6.55 Å². The van der Waals surface area contributed by atoms with E-state index in [0.717, 1.165) is 6.92 Å². The minimum atomic E-state index is -4.34. The third kappa shape index (κ3) is 9.25. The molecular formula is C18H29F3O2Si. The third-order valence-electron chi connectivity index (χ3n) is 3.49. The molecule has 1 rings (SSSR count). The summed E-state index contributed by atoms with van der Waals surface area (Å²) in [6, 6.07) is 9.09. The summed E-state index contributed by atoms with van der Waals surface area (Å²) in [5.41, 5.74) is 2.80. The smallest absolute Gasteiger partial charge is 0.398 e. The number of hydrogen-bond donors (Lipinski definition) is 0. The van der Waals surface area contributed by atoms with Crippen molar-refractivity contribution in [3.8, 4) is 0 Å². The predicted octanol–water partition coefficient (Wildman–Crippen LogP) is 5.81. The second-order valence-corrected chi connectivity index (χ2v) is 9.19. The topological polar surface area (TPSA) is 18.5 Å². The molecule has 2 unspecified atom stereocenters. The van der Waals surface area contributed by atoms with Crippen LogP contribution in [0.15, 0.2) is 36.9 Å². The van der Waals surface area contributed by atoms with E-state index < -0.39 is 20.8 Å². The Balaban J connectivity index is 0.000000463. The number of allylic oxidation sites excluding steroid dienone is 1. The molecule has 0 amide bonds. The van der Waals surface area contributed by atoms with Crippen LogP contribution < -0.4 is 0 Å². The fourth-order valence-electron chi connectivity index (χ4n) is 1.93. The maximum atomic E-state index is 12.2. The summed E-state index contributed by atoms with van der Waals surface area (Å²) in [6.07, 6.45) is -2.17. The second-order valence-electron chi connectivity index (χ2n) is 5.87. The molecule has 0 radical (unpaired) electrons. The third-order valence-corrected chi connectivity index (χ3v) is 6.24. The van der Waals surface area contributed by atoms with E-state index in [4.69, 9.17) is 8.85 Å². The molecule has 0 saturated heterocycles. The molecule has 2 nitrogen and oxygen atoms in total. The normalized spacial score (nSPS) is 15.0. The molecule has 24 heavy (non-hydrogen) atoms. The zero-order chi connectivity index (χ0) is 18.8. The van der Waals surface area contributed by atoms with E-state index >= 15 is 0 Å². The van der Waals surface area contributed by atoms with Crippen LogP contribution in [0.1, 0.15) is 31.4 Å². The minimum absolute atomic E-state index is 0.337. The molecular weight excluding hydrogens is 333 g/mol. The standard InChI is InChI=1S/C10H14.C8H15F3O2Si/c1-3-4-10-7-5-9(2)6-8-10;1-5-6-14(4,12-3)13-7(2)8(9,10)11/h5-8H,3-4H2,1-2H3;5,7H,1,6H2,2-4H3. The Hall–Kier alpha value is -1.11. The van der Waals surface area contributed by atoms with Gasteiger partial charge in [0.1, 0.15) is 6.10 Å². The summed E-state index contributed by atoms with van der Waals surface area (Å²) in [5, 5.41) is 0. The molecule has 138 valence electrons. The van der Waals surface area contributed by atoms with Crippen LogP contribution in [0.4, 0.5) is 13.2 Å². The molecule has 0 bridgehead atoms. The summed E-state index contributed by atoms with van der Waals surface area (Å²) >= 11 is 0. The first kappa shape index (κ1) is 22.9. The zero-order valence-electron chi connectivity index (χ0n) is 15.2. The van der Waals surface area contributed by atoms with Crippen molar-refractivity contribution >= 4 is 8.56 Å². The van der Waals surface area contributed by atoms with Crippen molar-refractivity contribution in [2.45, 2.75) is 58.5 Å². The molecule has 0 spiro atoms. The number of halogens is 3. The molecule has 0 N–H and O–H groups in total. The van der Waals surface area contributed by atoms with Crippen LogP contribution in [0.5, 0.6) is 0 Å². The average Bonchev–Trinajstić information content (AvgIpc) is 2.50. The summed E-state index contributed by atoms with van der Waals surface area (Å²) in [7, 11) is -1.37. The van der Waals surface area contributed by atoms with Crippen LogP contribution in [0.3, 0.4) is 0 Å². The van der Waals surface area contributed by atoms with Gasteiger partial charge >= 0.3 is 14.7 Å². The highest BCUT2D eigenvalue weighted by Gasteiger charge is 2.42. The number of rotatable bonds is 7. The van der Waals surface area contributed by atoms with E-state index in [0.29, 0.717) is 6.04 Å². The Labute approximate surface area is 144 Å². The van der Waals surface area contributed by atoms with E-state index in [1.165, 1.54) is 37.2 Å². The lowest BCUT2D eigenvalue weighted by Gasteiger charge is -2.28. The van der Waals surface area contributed by atoms with E-state index in [2.05, 4.69) is 44.7 Å². The molecule has 0 aliphatic rings. The van der Waals surface area contributed by atoms with Gasteiger partial charge in [-0.25, -0.2) is 0 Å². The maximum Gasteiger partial charge on any atom is 0.413 e. The summed E-state index contributed by atoms with van der Waals surface area (Å²) < 4.78 is 46.4. The van der Waals surface area contributed by atoms with Crippen molar-refractivity contribution in [1.29, 1.82) is 0 Å². The van der Waals surface area contributed by atoms with Crippen LogP contribution in [-0.4, -0.2) is 28.0 Å². The lowest BCUT2D eigenvalue weighted by Crippen LogP contribution is -2.44. The van der Waals surface area contributed by atoms with Gasteiger partial charge in [-0.05, 0) is 32.4 Å². The van der Waals surface area contributed by atoms with E-state index in [1.807, 2.05) is 0 Å².